The Morgan fingerprint density at radius 3 is 2.88 bits per heavy atom. The molecule has 1 rings (SSSR count). The van der Waals surface area contributed by atoms with E-state index < -0.39 is 0 Å². The number of rotatable bonds is 5. The van der Waals surface area contributed by atoms with Crippen LogP contribution in [0.25, 0.3) is 0 Å². The van der Waals surface area contributed by atoms with E-state index in [0.29, 0.717) is 15.8 Å². The Balaban J connectivity index is 2.43. The molecule has 0 saturated carbocycles. The van der Waals surface area contributed by atoms with Crippen LogP contribution < -0.4 is 15.6 Å². The minimum absolute atomic E-state index is 0.152. The summed E-state index contributed by atoms with van der Waals surface area (Å²) in [4.78, 5) is 11.1. The number of hydrogen-bond acceptors (Lipinski definition) is 3. The minimum atomic E-state index is -0.152. The third kappa shape index (κ3) is 3.89. The molecule has 0 bridgehead atoms. The number of nitrogens with one attached hydrogen (secondary N) is 2. The first-order valence-electron chi connectivity index (χ1n) is 4.67. The fraction of sp³-hybridized carbons (Fsp3) is 0.300. The third-order valence-electron chi connectivity index (χ3n) is 1.77. The normalized spacial score (nSPS) is 9.94. The molecule has 0 aliphatic heterocycles. The van der Waals surface area contributed by atoms with Crippen LogP contribution in [0.15, 0.2) is 18.2 Å². The highest BCUT2D eigenvalue weighted by Crippen LogP contribution is 2.31. The number of amides is 1. The molecule has 0 heterocycles. The van der Waals surface area contributed by atoms with Gasteiger partial charge in [0.15, 0.2) is 0 Å². The molecule has 1 aromatic rings. The van der Waals surface area contributed by atoms with Gasteiger partial charge in [-0.3, -0.25) is 10.2 Å². The molecule has 0 aromatic heterocycles. The van der Waals surface area contributed by atoms with Gasteiger partial charge in [0.2, 0.25) is 5.91 Å². The second-order valence-corrected chi connectivity index (χ2v) is 3.73. The van der Waals surface area contributed by atoms with Crippen LogP contribution in [0, 0.1) is 0 Å². The Labute approximate surface area is 104 Å². The van der Waals surface area contributed by atoms with E-state index in [1.807, 2.05) is 0 Å². The van der Waals surface area contributed by atoms with Crippen LogP contribution in [0.1, 0.15) is 6.42 Å². The molecule has 0 spiro atoms. The number of carbonyl (C=O) groups excluding carboxylic acids is 1. The number of ether oxygens (including phenoxy) is 1. The predicted octanol–water partition coefficient (Wildman–Crippen LogP) is 2.01. The van der Waals surface area contributed by atoms with E-state index in [1.165, 1.54) is 0 Å². The number of halogens is 2. The van der Waals surface area contributed by atoms with Crippen molar-refractivity contribution in [3.05, 3.63) is 28.2 Å². The van der Waals surface area contributed by atoms with Gasteiger partial charge in [-0.25, -0.2) is 5.43 Å². The van der Waals surface area contributed by atoms with Gasteiger partial charge in [0.1, 0.15) is 10.8 Å². The maximum atomic E-state index is 11.1. The lowest BCUT2D eigenvalue weighted by Gasteiger charge is -2.08. The molecule has 2 N–H and O–H groups in total. The van der Waals surface area contributed by atoms with Gasteiger partial charge in [-0.2, -0.15) is 0 Å². The van der Waals surface area contributed by atoms with Crippen molar-refractivity contribution < 1.29 is 9.53 Å². The van der Waals surface area contributed by atoms with Crippen molar-refractivity contribution in [3.63, 3.8) is 0 Å². The Kier molecular flexibility index (Phi) is 5.38. The van der Waals surface area contributed by atoms with Gasteiger partial charge in [0.25, 0.3) is 0 Å². The third-order valence-corrected chi connectivity index (χ3v) is 2.57. The van der Waals surface area contributed by atoms with Crippen molar-refractivity contribution in [2.24, 2.45) is 0 Å². The average Bonchev–Trinajstić information content (AvgIpc) is 2.25. The summed E-state index contributed by atoms with van der Waals surface area (Å²) in [5.41, 5.74) is 4.96. The maximum absolute atomic E-state index is 11.1. The molecule has 16 heavy (non-hydrogen) atoms. The van der Waals surface area contributed by atoms with E-state index in [0.717, 1.165) is 0 Å². The molecule has 0 aliphatic carbocycles. The summed E-state index contributed by atoms with van der Waals surface area (Å²) in [6, 6.07) is 5.10. The molecule has 88 valence electrons. The molecule has 0 unspecified atom stereocenters. The van der Waals surface area contributed by atoms with Gasteiger partial charge >= 0.3 is 0 Å². The first kappa shape index (κ1) is 13.1. The van der Waals surface area contributed by atoms with Crippen molar-refractivity contribution in [2.45, 2.75) is 6.42 Å². The number of benzene rings is 1. The van der Waals surface area contributed by atoms with Crippen LogP contribution in [-0.2, 0) is 4.79 Å². The quantitative estimate of drug-likeness (QED) is 0.799. The van der Waals surface area contributed by atoms with E-state index >= 15 is 0 Å². The molecule has 0 saturated heterocycles. The molecular formula is C10H12Cl2N2O2. The predicted molar refractivity (Wildman–Crippen MR) is 63.8 cm³/mol. The molecule has 1 aromatic carbocycles. The van der Waals surface area contributed by atoms with Crippen molar-refractivity contribution in [3.8, 4) is 5.75 Å². The fourth-order valence-corrected chi connectivity index (χ4v) is 1.40. The highest BCUT2D eigenvalue weighted by atomic mass is 35.5. The number of carbonyl (C=O) groups is 1. The van der Waals surface area contributed by atoms with E-state index in [9.17, 15) is 4.79 Å². The van der Waals surface area contributed by atoms with Crippen LogP contribution in [0.3, 0.4) is 0 Å². The summed E-state index contributed by atoms with van der Waals surface area (Å²) in [5, 5.41) is 0.789. The van der Waals surface area contributed by atoms with Gasteiger partial charge in [-0.05, 0) is 12.1 Å². The molecule has 1 amide bonds. The van der Waals surface area contributed by atoms with Crippen LogP contribution in [-0.4, -0.2) is 19.6 Å². The Bertz CT molecular complexity index is 372. The van der Waals surface area contributed by atoms with E-state index in [4.69, 9.17) is 27.9 Å². The molecular weight excluding hydrogens is 251 g/mol. The Morgan fingerprint density at radius 2 is 2.19 bits per heavy atom. The summed E-state index contributed by atoms with van der Waals surface area (Å²) < 4.78 is 5.33. The smallest absolute Gasteiger partial charge is 0.237 e. The topological polar surface area (TPSA) is 50.4 Å². The highest BCUT2D eigenvalue weighted by molar-refractivity contribution is 6.42. The van der Waals surface area contributed by atoms with Crippen molar-refractivity contribution >= 4 is 29.1 Å². The van der Waals surface area contributed by atoms with Crippen molar-refractivity contribution in [2.75, 3.05) is 13.7 Å². The zero-order chi connectivity index (χ0) is 12.0. The van der Waals surface area contributed by atoms with Crippen LogP contribution in [0.2, 0.25) is 10.0 Å². The van der Waals surface area contributed by atoms with E-state index in [1.54, 1.807) is 25.2 Å². The lowest BCUT2D eigenvalue weighted by molar-refractivity contribution is -0.122. The van der Waals surface area contributed by atoms with E-state index in [2.05, 4.69) is 10.9 Å². The van der Waals surface area contributed by atoms with Crippen LogP contribution in [0.5, 0.6) is 5.75 Å². The van der Waals surface area contributed by atoms with Gasteiger partial charge in [-0.1, -0.05) is 29.3 Å². The van der Waals surface area contributed by atoms with Gasteiger partial charge < -0.3 is 4.74 Å². The molecule has 6 heteroatoms. The summed E-state index contributed by atoms with van der Waals surface area (Å²) in [6.45, 7) is 0.244. The summed E-state index contributed by atoms with van der Waals surface area (Å²) >= 11 is 11.7. The fourth-order valence-electron chi connectivity index (χ4n) is 1.05. The lowest BCUT2D eigenvalue weighted by atomic mass is 10.3. The second-order valence-electron chi connectivity index (χ2n) is 2.95. The Hall–Kier alpha value is -0.970. The zero-order valence-electron chi connectivity index (χ0n) is 8.72. The lowest BCUT2D eigenvalue weighted by Crippen LogP contribution is -2.34. The van der Waals surface area contributed by atoms with Gasteiger partial charge in [0, 0.05) is 7.05 Å². The zero-order valence-corrected chi connectivity index (χ0v) is 10.2. The highest BCUT2D eigenvalue weighted by Gasteiger charge is 2.06. The SMILES string of the molecule is CNNC(=O)CCOc1cccc(Cl)c1Cl. The first-order valence-corrected chi connectivity index (χ1v) is 5.43. The van der Waals surface area contributed by atoms with Crippen LogP contribution in [0.4, 0.5) is 0 Å². The number of hydrazine groups is 1. The van der Waals surface area contributed by atoms with Crippen LogP contribution >= 0.6 is 23.2 Å². The Morgan fingerprint density at radius 1 is 1.44 bits per heavy atom. The minimum Gasteiger partial charge on any atom is -0.491 e. The molecule has 4 nitrogen and oxygen atoms in total. The largest absolute Gasteiger partial charge is 0.491 e. The van der Waals surface area contributed by atoms with Crippen molar-refractivity contribution in [1.82, 2.24) is 10.9 Å². The molecule has 0 aliphatic rings. The first-order chi connectivity index (χ1) is 7.65. The van der Waals surface area contributed by atoms with Gasteiger partial charge in [0.05, 0.1) is 18.1 Å². The molecule has 0 atom stereocenters. The maximum Gasteiger partial charge on any atom is 0.237 e. The molecule has 0 fully saturated rings. The van der Waals surface area contributed by atoms with E-state index in [-0.39, 0.29) is 18.9 Å². The average molecular weight is 263 g/mol. The molecule has 0 radical (unpaired) electrons. The second kappa shape index (κ2) is 6.58. The number of hydrogen-bond donors (Lipinski definition) is 2. The monoisotopic (exact) mass is 262 g/mol. The van der Waals surface area contributed by atoms with Crippen molar-refractivity contribution in [1.29, 1.82) is 0 Å². The summed E-state index contributed by atoms with van der Waals surface area (Å²) in [5.74, 6) is 0.326. The standard InChI is InChI=1S/C10H12Cl2N2O2/c1-13-14-9(15)5-6-16-8-4-2-3-7(11)10(8)12/h2-4,13H,5-6H2,1H3,(H,14,15). The summed E-state index contributed by atoms with van der Waals surface area (Å²) in [7, 11) is 1.62. The summed E-state index contributed by atoms with van der Waals surface area (Å²) in [6.07, 6.45) is 0.240. The van der Waals surface area contributed by atoms with Gasteiger partial charge in [-0.15, -0.1) is 0 Å².